The number of carbonyl (C=O) groups is 1. The number of nitrogens with one attached hydrogen (secondary N) is 1. The van der Waals surface area contributed by atoms with Gasteiger partial charge in [-0.1, -0.05) is 48.5 Å². The van der Waals surface area contributed by atoms with Crippen LogP contribution in [0, 0.1) is 5.82 Å². The lowest BCUT2D eigenvalue weighted by molar-refractivity contribution is 0.100. The molecule has 0 fully saturated rings. The Morgan fingerprint density at radius 1 is 0.889 bits per heavy atom. The van der Waals surface area contributed by atoms with E-state index in [2.05, 4.69) is 29.6 Å². The van der Waals surface area contributed by atoms with Gasteiger partial charge >= 0.3 is 0 Å². The Labute approximate surface area is 164 Å². The van der Waals surface area contributed by atoms with Crippen molar-refractivity contribution in [3.05, 3.63) is 95.3 Å². The Kier molecular flexibility index (Phi) is 7.53. The van der Waals surface area contributed by atoms with E-state index in [0.717, 1.165) is 36.2 Å². The van der Waals surface area contributed by atoms with E-state index in [1.165, 1.54) is 17.7 Å². The van der Waals surface area contributed by atoms with Crippen LogP contribution in [0.15, 0.2) is 72.8 Å². The Bertz CT molecular complexity index is 880. The minimum Gasteiger partial charge on any atom is -0.366 e. The minimum absolute atomic E-state index is 0. The second kappa shape index (κ2) is 9.86. The van der Waals surface area contributed by atoms with Crippen molar-refractivity contribution in [3.63, 3.8) is 0 Å². The summed E-state index contributed by atoms with van der Waals surface area (Å²) in [7, 11) is 0. The topological polar surface area (TPSA) is 55.1 Å². The highest BCUT2D eigenvalue weighted by molar-refractivity contribution is 5.94. The fourth-order valence-electron chi connectivity index (χ4n) is 2.78. The van der Waals surface area contributed by atoms with Crippen LogP contribution in [-0.2, 0) is 13.0 Å². The lowest BCUT2D eigenvalue weighted by atomic mass is 10.0. The maximum atomic E-state index is 12.9. The first kappa shape index (κ1) is 20.6. The van der Waals surface area contributed by atoms with Crippen LogP contribution in [0.4, 0.5) is 4.39 Å². The van der Waals surface area contributed by atoms with Crippen molar-refractivity contribution in [1.29, 1.82) is 0 Å². The van der Waals surface area contributed by atoms with Gasteiger partial charge in [-0.3, -0.25) is 4.79 Å². The number of benzene rings is 3. The first-order chi connectivity index (χ1) is 12.6. The maximum absolute atomic E-state index is 12.9. The molecule has 0 aliphatic rings. The molecule has 0 aliphatic carbocycles. The van der Waals surface area contributed by atoms with Crippen molar-refractivity contribution >= 4 is 18.3 Å². The molecule has 0 saturated heterocycles. The molecule has 3 nitrogen and oxygen atoms in total. The standard InChI is InChI=1S/C22H21FN2O.ClH/c23-21-10-6-17(7-11-21)15-25-13-12-16-4-8-18(9-5-16)19-2-1-3-20(14-19)22(24)26;/h1-11,14,25H,12-13,15H2,(H2,24,26);1H. The van der Waals surface area contributed by atoms with Crippen LogP contribution in [0.2, 0.25) is 0 Å². The van der Waals surface area contributed by atoms with E-state index in [0.29, 0.717) is 5.56 Å². The van der Waals surface area contributed by atoms with E-state index in [4.69, 9.17) is 5.73 Å². The van der Waals surface area contributed by atoms with Crippen LogP contribution in [0.25, 0.3) is 11.1 Å². The highest BCUT2D eigenvalue weighted by atomic mass is 35.5. The van der Waals surface area contributed by atoms with E-state index in [1.807, 2.05) is 18.2 Å². The normalized spacial score (nSPS) is 10.3. The third-order valence-corrected chi connectivity index (χ3v) is 4.27. The molecule has 0 heterocycles. The number of primary amides is 1. The predicted octanol–water partition coefficient (Wildman–Crippen LogP) is 4.35. The molecule has 0 saturated carbocycles. The molecule has 0 aromatic heterocycles. The van der Waals surface area contributed by atoms with Gasteiger partial charge in [-0.25, -0.2) is 4.39 Å². The molecule has 3 rings (SSSR count). The molecule has 0 unspecified atom stereocenters. The molecule has 5 heteroatoms. The monoisotopic (exact) mass is 384 g/mol. The number of hydrogen-bond acceptors (Lipinski definition) is 2. The lowest BCUT2D eigenvalue weighted by Crippen LogP contribution is -2.16. The Morgan fingerprint density at radius 2 is 1.56 bits per heavy atom. The second-order valence-corrected chi connectivity index (χ2v) is 6.20. The summed E-state index contributed by atoms with van der Waals surface area (Å²) in [5.74, 6) is -0.633. The SMILES string of the molecule is Cl.NC(=O)c1cccc(-c2ccc(CCNCc3ccc(F)cc3)cc2)c1. The molecule has 0 radical (unpaired) electrons. The minimum atomic E-state index is -0.421. The number of amides is 1. The first-order valence-corrected chi connectivity index (χ1v) is 8.56. The van der Waals surface area contributed by atoms with Gasteiger partial charge < -0.3 is 11.1 Å². The molecule has 0 spiro atoms. The van der Waals surface area contributed by atoms with Crippen LogP contribution in [-0.4, -0.2) is 12.5 Å². The van der Waals surface area contributed by atoms with Gasteiger partial charge in [0.1, 0.15) is 5.82 Å². The number of rotatable bonds is 7. The zero-order valence-electron chi connectivity index (χ0n) is 14.8. The van der Waals surface area contributed by atoms with E-state index >= 15 is 0 Å². The molecule has 1 amide bonds. The van der Waals surface area contributed by atoms with E-state index < -0.39 is 5.91 Å². The Hall–Kier alpha value is -2.69. The summed E-state index contributed by atoms with van der Waals surface area (Å²) in [5, 5.41) is 3.36. The number of nitrogens with two attached hydrogens (primary N) is 1. The van der Waals surface area contributed by atoms with Gasteiger partial charge in [-0.15, -0.1) is 12.4 Å². The van der Waals surface area contributed by atoms with Gasteiger partial charge in [0.05, 0.1) is 0 Å². The second-order valence-electron chi connectivity index (χ2n) is 6.20. The molecule has 3 aromatic rings. The first-order valence-electron chi connectivity index (χ1n) is 8.56. The van der Waals surface area contributed by atoms with Crippen molar-refractivity contribution in [1.82, 2.24) is 5.32 Å². The van der Waals surface area contributed by atoms with Crippen LogP contribution in [0.3, 0.4) is 0 Å². The Morgan fingerprint density at radius 3 is 2.22 bits per heavy atom. The third-order valence-electron chi connectivity index (χ3n) is 4.27. The summed E-state index contributed by atoms with van der Waals surface area (Å²) in [6.07, 6.45) is 0.906. The molecule has 27 heavy (non-hydrogen) atoms. The largest absolute Gasteiger partial charge is 0.366 e. The molecular formula is C22H22ClFN2O. The van der Waals surface area contributed by atoms with Crippen molar-refractivity contribution in [2.24, 2.45) is 5.73 Å². The van der Waals surface area contributed by atoms with Crippen LogP contribution in [0.5, 0.6) is 0 Å². The van der Waals surface area contributed by atoms with Gasteiger partial charge in [-0.2, -0.15) is 0 Å². The predicted molar refractivity (Wildman–Crippen MR) is 109 cm³/mol. The summed E-state index contributed by atoms with van der Waals surface area (Å²) < 4.78 is 12.9. The van der Waals surface area contributed by atoms with Crippen molar-refractivity contribution in [3.8, 4) is 11.1 Å². The molecule has 0 aliphatic heterocycles. The third kappa shape index (κ3) is 5.91. The fraction of sp³-hybridized carbons (Fsp3) is 0.136. The van der Waals surface area contributed by atoms with Crippen LogP contribution >= 0.6 is 12.4 Å². The molecule has 0 atom stereocenters. The highest BCUT2D eigenvalue weighted by Gasteiger charge is 2.03. The number of halogens is 2. The van der Waals surface area contributed by atoms with Crippen LogP contribution in [0.1, 0.15) is 21.5 Å². The van der Waals surface area contributed by atoms with E-state index in [9.17, 15) is 9.18 Å². The smallest absolute Gasteiger partial charge is 0.248 e. The van der Waals surface area contributed by atoms with E-state index in [1.54, 1.807) is 18.2 Å². The average Bonchev–Trinajstić information content (AvgIpc) is 2.67. The quantitative estimate of drug-likeness (QED) is 0.595. The number of hydrogen-bond donors (Lipinski definition) is 2. The number of carbonyl (C=O) groups excluding carboxylic acids is 1. The fourth-order valence-corrected chi connectivity index (χ4v) is 2.78. The summed E-state index contributed by atoms with van der Waals surface area (Å²) in [4.78, 5) is 11.3. The molecular weight excluding hydrogens is 363 g/mol. The zero-order chi connectivity index (χ0) is 18.4. The lowest BCUT2D eigenvalue weighted by Gasteiger charge is -2.07. The van der Waals surface area contributed by atoms with E-state index in [-0.39, 0.29) is 18.2 Å². The molecule has 0 bridgehead atoms. The Balaban J connectivity index is 0.00000261. The molecule has 140 valence electrons. The summed E-state index contributed by atoms with van der Waals surface area (Å²) >= 11 is 0. The van der Waals surface area contributed by atoms with Gasteiger partial charge in [0.15, 0.2) is 0 Å². The molecule has 3 N–H and O–H groups in total. The summed E-state index contributed by atoms with van der Waals surface area (Å²) in [6, 6.07) is 22.1. The average molecular weight is 385 g/mol. The molecule has 3 aromatic carbocycles. The maximum Gasteiger partial charge on any atom is 0.248 e. The zero-order valence-corrected chi connectivity index (χ0v) is 15.6. The van der Waals surface area contributed by atoms with Crippen molar-refractivity contribution < 1.29 is 9.18 Å². The van der Waals surface area contributed by atoms with Gasteiger partial charge in [0.25, 0.3) is 0 Å². The van der Waals surface area contributed by atoms with Gasteiger partial charge in [0, 0.05) is 12.1 Å². The van der Waals surface area contributed by atoms with Crippen molar-refractivity contribution in [2.45, 2.75) is 13.0 Å². The van der Waals surface area contributed by atoms with Gasteiger partial charge in [-0.05, 0) is 59.5 Å². The highest BCUT2D eigenvalue weighted by Crippen LogP contribution is 2.21. The summed E-state index contributed by atoms with van der Waals surface area (Å²) in [5.41, 5.74) is 10.2. The van der Waals surface area contributed by atoms with Gasteiger partial charge in [0.2, 0.25) is 5.91 Å². The van der Waals surface area contributed by atoms with Crippen molar-refractivity contribution in [2.75, 3.05) is 6.54 Å². The summed E-state index contributed by atoms with van der Waals surface area (Å²) in [6.45, 7) is 1.56. The van der Waals surface area contributed by atoms with Crippen LogP contribution < -0.4 is 11.1 Å².